The zero-order valence-electron chi connectivity index (χ0n) is 14.7. The van der Waals surface area contributed by atoms with Crippen LogP contribution in [0, 0.1) is 17.8 Å². The number of ketones is 1. The summed E-state index contributed by atoms with van der Waals surface area (Å²) in [5.74, 6) is 3.56. The van der Waals surface area contributed by atoms with Gasteiger partial charge in [0.15, 0.2) is 6.29 Å². The van der Waals surface area contributed by atoms with E-state index in [1.165, 1.54) is 0 Å². The molecule has 4 heteroatoms. The Morgan fingerprint density at radius 1 is 1.38 bits per heavy atom. The summed E-state index contributed by atoms with van der Waals surface area (Å²) in [5.41, 5.74) is 0.374. The first kappa shape index (κ1) is 18.5. The van der Waals surface area contributed by atoms with Crippen molar-refractivity contribution in [2.24, 2.45) is 5.41 Å². The second kappa shape index (κ2) is 8.32. The highest BCUT2D eigenvalue weighted by Crippen LogP contribution is 2.37. The molecule has 0 radical (unpaired) electrons. The summed E-state index contributed by atoms with van der Waals surface area (Å²) in [6.45, 7) is 4.47. The zero-order chi connectivity index (χ0) is 17.6. The molecule has 0 N–H and O–H groups in total. The molecule has 0 aromatic heterocycles. The Bertz CT molecular complexity index is 583. The van der Waals surface area contributed by atoms with Crippen LogP contribution < -0.4 is 4.74 Å². The van der Waals surface area contributed by atoms with Gasteiger partial charge in [-0.3, -0.25) is 4.79 Å². The van der Waals surface area contributed by atoms with E-state index in [0.29, 0.717) is 25.9 Å². The monoisotopic (exact) mass is 330 g/mol. The maximum absolute atomic E-state index is 12.6. The van der Waals surface area contributed by atoms with Gasteiger partial charge in [-0.1, -0.05) is 26.0 Å². The molecular weight excluding hydrogens is 304 g/mol. The maximum Gasteiger partial charge on any atom is 0.184 e. The minimum absolute atomic E-state index is 0.170. The molecule has 1 aromatic carbocycles. The number of ether oxygens (including phenoxy) is 3. The van der Waals surface area contributed by atoms with Gasteiger partial charge in [-0.05, 0) is 25.0 Å². The lowest BCUT2D eigenvalue weighted by Crippen LogP contribution is -2.43. The van der Waals surface area contributed by atoms with Crippen molar-refractivity contribution in [3.63, 3.8) is 0 Å². The number of hydrogen-bond acceptors (Lipinski definition) is 4. The molecule has 0 aliphatic carbocycles. The van der Waals surface area contributed by atoms with Crippen molar-refractivity contribution in [2.75, 3.05) is 13.7 Å². The molecule has 24 heavy (non-hydrogen) atoms. The SMILES string of the molecule is C#CCCCC(=O)C(C)(C)[C@@H]1CCO[C@H](c2ccc(OC)cc2)O1. The van der Waals surface area contributed by atoms with Crippen LogP contribution in [-0.2, 0) is 14.3 Å². The fourth-order valence-electron chi connectivity index (χ4n) is 2.86. The molecule has 1 aromatic rings. The standard InChI is InChI=1S/C20H26O4/c1-5-6-7-8-17(21)20(2,3)18-13-14-23-19(24-18)15-9-11-16(22-4)12-10-15/h1,9-12,18-19H,6-8,13-14H2,2-4H3/t18-,19-/m0/s1. The van der Waals surface area contributed by atoms with E-state index in [2.05, 4.69) is 5.92 Å². The highest BCUT2D eigenvalue weighted by molar-refractivity contribution is 5.84. The predicted molar refractivity (Wildman–Crippen MR) is 92.6 cm³/mol. The highest BCUT2D eigenvalue weighted by atomic mass is 16.7. The number of terminal acetylenes is 1. The molecule has 0 bridgehead atoms. The maximum atomic E-state index is 12.6. The molecule has 2 atom stereocenters. The normalized spacial score (nSPS) is 21.1. The van der Waals surface area contributed by atoms with Gasteiger partial charge in [0.1, 0.15) is 11.5 Å². The van der Waals surface area contributed by atoms with Crippen molar-refractivity contribution in [2.45, 2.75) is 51.9 Å². The van der Waals surface area contributed by atoms with Crippen molar-refractivity contribution >= 4 is 5.78 Å². The number of methoxy groups -OCH3 is 1. The summed E-state index contributed by atoms with van der Waals surface area (Å²) in [4.78, 5) is 12.6. The molecule has 4 nitrogen and oxygen atoms in total. The van der Waals surface area contributed by atoms with Crippen LogP contribution in [0.2, 0.25) is 0 Å². The Labute approximate surface area is 144 Å². The zero-order valence-corrected chi connectivity index (χ0v) is 14.7. The van der Waals surface area contributed by atoms with Crippen LogP contribution in [0.15, 0.2) is 24.3 Å². The summed E-state index contributed by atoms with van der Waals surface area (Å²) in [6.07, 6.45) is 7.19. The molecule has 1 aliphatic rings. The first-order valence-electron chi connectivity index (χ1n) is 8.37. The topological polar surface area (TPSA) is 44.8 Å². The third-order valence-corrected chi connectivity index (χ3v) is 4.57. The fraction of sp³-hybridized carbons (Fsp3) is 0.550. The van der Waals surface area contributed by atoms with Crippen molar-refractivity contribution in [3.8, 4) is 18.1 Å². The first-order valence-corrected chi connectivity index (χ1v) is 8.37. The van der Waals surface area contributed by atoms with E-state index < -0.39 is 11.7 Å². The van der Waals surface area contributed by atoms with Gasteiger partial charge in [0.25, 0.3) is 0 Å². The van der Waals surface area contributed by atoms with Crippen LogP contribution in [0.25, 0.3) is 0 Å². The number of benzene rings is 1. The third kappa shape index (κ3) is 4.37. The second-order valence-corrected chi connectivity index (χ2v) is 6.59. The summed E-state index contributed by atoms with van der Waals surface area (Å²) in [5, 5.41) is 0. The molecule has 0 amide bonds. The summed E-state index contributed by atoms with van der Waals surface area (Å²) in [7, 11) is 1.63. The number of unbranched alkanes of at least 4 members (excludes halogenated alkanes) is 1. The van der Waals surface area contributed by atoms with Gasteiger partial charge in [0.05, 0.1) is 19.8 Å². The molecule has 0 spiro atoms. The summed E-state index contributed by atoms with van der Waals surface area (Å²) in [6, 6.07) is 7.60. The lowest BCUT2D eigenvalue weighted by molar-refractivity contribution is -0.238. The lowest BCUT2D eigenvalue weighted by Gasteiger charge is -2.39. The van der Waals surface area contributed by atoms with Crippen LogP contribution >= 0.6 is 0 Å². The molecular formula is C20H26O4. The van der Waals surface area contributed by atoms with Crippen LogP contribution in [0.3, 0.4) is 0 Å². The first-order chi connectivity index (χ1) is 11.5. The number of hydrogen-bond donors (Lipinski definition) is 0. The van der Waals surface area contributed by atoms with Gasteiger partial charge < -0.3 is 14.2 Å². The molecule has 1 aliphatic heterocycles. The minimum atomic E-state index is -0.552. The molecule has 0 saturated carbocycles. The number of carbonyl (C=O) groups excluding carboxylic acids is 1. The Hall–Kier alpha value is -1.83. The van der Waals surface area contributed by atoms with E-state index in [9.17, 15) is 4.79 Å². The molecule has 0 unspecified atom stereocenters. The lowest BCUT2D eigenvalue weighted by atomic mass is 9.78. The van der Waals surface area contributed by atoms with E-state index in [0.717, 1.165) is 17.7 Å². The van der Waals surface area contributed by atoms with Gasteiger partial charge in [0.2, 0.25) is 0 Å². The minimum Gasteiger partial charge on any atom is -0.497 e. The molecule has 130 valence electrons. The number of Topliss-reactive ketones (excluding diaryl/α,β-unsaturated/α-hetero) is 1. The predicted octanol–water partition coefficient (Wildman–Crippen LogP) is 3.90. The van der Waals surface area contributed by atoms with E-state index in [1.54, 1.807) is 7.11 Å². The van der Waals surface area contributed by atoms with E-state index in [-0.39, 0.29) is 11.9 Å². The highest BCUT2D eigenvalue weighted by Gasteiger charge is 2.40. The van der Waals surface area contributed by atoms with Crippen LogP contribution in [0.5, 0.6) is 5.75 Å². The van der Waals surface area contributed by atoms with E-state index >= 15 is 0 Å². The smallest absolute Gasteiger partial charge is 0.184 e. The van der Waals surface area contributed by atoms with Crippen molar-refractivity contribution in [3.05, 3.63) is 29.8 Å². The van der Waals surface area contributed by atoms with Crippen molar-refractivity contribution in [1.29, 1.82) is 0 Å². The van der Waals surface area contributed by atoms with Crippen molar-refractivity contribution in [1.82, 2.24) is 0 Å². The van der Waals surface area contributed by atoms with Gasteiger partial charge >= 0.3 is 0 Å². The number of rotatable bonds is 7. The second-order valence-electron chi connectivity index (χ2n) is 6.59. The van der Waals surface area contributed by atoms with Gasteiger partial charge in [-0.25, -0.2) is 0 Å². The molecule has 1 fully saturated rings. The largest absolute Gasteiger partial charge is 0.497 e. The average molecular weight is 330 g/mol. The van der Waals surface area contributed by atoms with Gasteiger partial charge in [-0.15, -0.1) is 12.3 Å². The fourth-order valence-corrected chi connectivity index (χ4v) is 2.86. The Balaban J connectivity index is 2.03. The van der Waals surface area contributed by atoms with Gasteiger partial charge in [0, 0.05) is 23.8 Å². The molecule has 2 rings (SSSR count). The quantitative estimate of drug-likeness (QED) is 0.562. The Morgan fingerprint density at radius 3 is 2.71 bits per heavy atom. The van der Waals surface area contributed by atoms with Crippen LogP contribution in [0.1, 0.15) is 51.4 Å². The molecule has 1 saturated heterocycles. The molecule has 1 heterocycles. The van der Waals surface area contributed by atoms with E-state index in [1.807, 2.05) is 38.1 Å². The van der Waals surface area contributed by atoms with Gasteiger partial charge in [-0.2, -0.15) is 0 Å². The Kier molecular flexibility index (Phi) is 6.42. The van der Waals surface area contributed by atoms with Crippen LogP contribution in [0.4, 0.5) is 0 Å². The van der Waals surface area contributed by atoms with E-state index in [4.69, 9.17) is 20.6 Å². The third-order valence-electron chi connectivity index (χ3n) is 4.57. The summed E-state index contributed by atoms with van der Waals surface area (Å²) < 4.78 is 17.0. The Morgan fingerprint density at radius 2 is 2.08 bits per heavy atom. The van der Waals surface area contributed by atoms with Crippen LogP contribution in [-0.4, -0.2) is 25.6 Å². The average Bonchev–Trinajstić information content (AvgIpc) is 2.62. The number of carbonyl (C=O) groups is 1. The van der Waals surface area contributed by atoms with Crippen molar-refractivity contribution < 1.29 is 19.0 Å². The summed E-state index contributed by atoms with van der Waals surface area (Å²) >= 11 is 0.